The number of H-pyrrole nitrogens is 1. The number of nitrogens with one attached hydrogen (secondary N) is 3. The first-order valence-electron chi connectivity index (χ1n) is 9.03. The fourth-order valence-electron chi connectivity index (χ4n) is 3.07. The molecule has 3 rings (SSSR count). The van der Waals surface area contributed by atoms with E-state index in [0.717, 1.165) is 10.3 Å². The van der Waals surface area contributed by atoms with Crippen LogP contribution in [-0.4, -0.2) is 64.8 Å². The first-order chi connectivity index (χ1) is 14.4. The van der Waals surface area contributed by atoms with Gasteiger partial charge in [0, 0.05) is 30.2 Å². The molecule has 8 nitrogen and oxygen atoms in total. The topological polar surface area (TPSA) is 99.4 Å². The predicted molar refractivity (Wildman–Crippen MR) is 95.2 cm³/mol. The van der Waals surface area contributed by atoms with Crippen LogP contribution in [0.5, 0.6) is 0 Å². The fourth-order valence-corrected chi connectivity index (χ4v) is 3.07. The Balaban J connectivity index is 1.48. The predicted octanol–water partition coefficient (Wildman–Crippen LogP) is 3.78. The number of hydrogen-bond acceptors (Lipinski definition) is 4. The molecular weight excluding hydrogens is 436 g/mol. The smallest absolute Gasteiger partial charge is 0.426 e. The van der Waals surface area contributed by atoms with Gasteiger partial charge in [0.05, 0.1) is 11.7 Å². The number of aromatic amines is 1. The van der Waals surface area contributed by atoms with Crippen LogP contribution in [0.15, 0.2) is 24.4 Å². The Hall–Kier alpha value is -3.19. The van der Waals surface area contributed by atoms with Gasteiger partial charge >= 0.3 is 24.5 Å². The number of carbonyl (C=O) groups excluding carboxylic acids is 2. The zero-order valence-electron chi connectivity index (χ0n) is 15.7. The highest BCUT2D eigenvalue weighted by Gasteiger charge is 2.60. The zero-order valence-corrected chi connectivity index (χ0v) is 15.7. The molecule has 1 aliphatic heterocycles. The number of carbonyl (C=O) groups is 2. The Kier molecular flexibility index (Phi) is 6.18. The number of halogens is 6. The number of rotatable bonds is 3. The molecule has 1 fully saturated rings. The Morgan fingerprint density at radius 1 is 1.13 bits per heavy atom. The van der Waals surface area contributed by atoms with Crippen molar-refractivity contribution >= 4 is 28.7 Å². The standard InChI is InChI=1S/C17H17F6N5O3/c18-16(19,20)13(17(21,22)23)31-15(30)28-5-3-10(4-6-28)25-14(29)26-11-2-1-9-8-24-27-12(9)7-11/h1-2,7-8,10,13H,3-6H2,(H,24,27)(H2,25,26,29). The molecule has 0 radical (unpaired) electrons. The largest absolute Gasteiger partial charge is 0.434 e. The van der Waals surface area contributed by atoms with E-state index >= 15 is 0 Å². The molecule has 1 aromatic heterocycles. The lowest BCUT2D eigenvalue weighted by atomic mass is 10.1. The Labute approximate surface area is 170 Å². The number of likely N-dealkylation sites (tertiary alicyclic amines) is 1. The number of anilines is 1. The quantitative estimate of drug-likeness (QED) is 0.616. The van der Waals surface area contributed by atoms with E-state index in [1.165, 1.54) is 0 Å². The van der Waals surface area contributed by atoms with Crippen LogP contribution in [0.3, 0.4) is 0 Å². The molecule has 0 bridgehead atoms. The van der Waals surface area contributed by atoms with Gasteiger partial charge in [-0.15, -0.1) is 0 Å². The van der Waals surface area contributed by atoms with Gasteiger partial charge in [-0.2, -0.15) is 31.4 Å². The van der Waals surface area contributed by atoms with E-state index in [4.69, 9.17) is 0 Å². The summed E-state index contributed by atoms with van der Waals surface area (Å²) in [6, 6.07) is 4.09. The molecule has 31 heavy (non-hydrogen) atoms. The monoisotopic (exact) mass is 453 g/mol. The van der Waals surface area contributed by atoms with Crippen molar-refractivity contribution < 1.29 is 40.7 Å². The minimum Gasteiger partial charge on any atom is -0.426 e. The van der Waals surface area contributed by atoms with Crippen molar-refractivity contribution in [3.8, 4) is 0 Å². The molecule has 1 aliphatic rings. The molecule has 2 aromatic rings. The number of benzene rings is 1. The number of fused-ring (bicyclic) bond motifs is 1. The van der Waals surface area contributed by atoms with Gasteiger partial charge < -0.3 is 20.3 Å². The summed E-state index contributed by atoms with van der Waals surface area (Å²) >= 11 is 0. The van der Waals surface area contributed by atoms with Gasteiger partial charge in [-0.05, 0) is 31.0 Å². The third-order valence-corrected chi connectivity index (χ3v) is 4.60. The van der Waals surface area contributed by atoms with Crippen LogP contribution >= 0.6 is 0 Å². The molecule has 0 unspecified atom stereocenters. The normalized spacial score (nSPS) is 15.9. The number of hydrogen-bond donors (Lipinski definition) is 3. The lowest BCUT2D eigenvalue weighted by Crippen LogP contribution is -2.51. The summed E-state index contributed by atoms with van der Waals surface area (Å²) in [5, 5.41) is 12.7. The third-order valence-electron chi connectivity index (χ3n) is 4.60. The van der Waals surface area contributed by atoms with Crippen LogP contribution < -0.4 is 10.6 Å². The summed E-state index contributed by atoms with van der Waals surface area (Å²) < 4.78 is 78.8. The van der Waals surface area contributed by atoms with Gasteiger partial charge in [0.15, 0.2) is 0 Å². The molecule has 3 N–H and O–H groups in total. The molecule has 170 valence electrons. The highest BCUT2D eigenvalue weighted by Crippen LogP contribution is 2.36. The zero-order chi connectivity index (χ0) is 22.8. The third kappa shape index (κ3) is 5.70. The number of amides is 3. The molecule has 0 saturated carbocycles. The summed E-state index contributed by atoms with van der Waals surface area (Å²) in [5.41, 5.74) is 1.20. The van der Waals surface area contributed by atoms with Gasteiger partial charge in [-0.25, -0.2) is 9.59 Å². The van der Waals surface area contributed by atoms with Crippen molar-refractivity contribution in [2.75, 3.05) is 18.4 Å². The first kappa shape index (κ1) is 22.5. The van der Waals surface area contributed by atoms with Gasteiger partial charge in [-0.3, -0.25) is 5.10 Å². The number of alkyl halides is 6. The minimum absolute atomic E-state index is 0.130. The summed E-state index contributed by atoms with van der Waals surface area (Å²) in [6.07, 6.45) is -15.6. The molecule has 0 atom stereocenters. The van der Waals surface area contributed by atoms with E-state index < -0.39 is 36.6 Å². The van der Waals surface area contributed by atoms with E-state index in [2.05, 4.69) is 25.6 Å². The van der Waals surface area contributed by atoms with Gasteiger partial charge in [0.2, 0.25) is 0 Å². The highest BCUT2D eigenvalue weighted by molar-refractivity contribution is 5.92. The van der Waals surface area contributed by atoms with Crippen LogP contribution in [0.25, 0.3) is 10.9 Å². The molecule has 14 heteroatoms. The summed E-state index contributed by atoms with van der Waals surface area (Å²) in [6.45, 7) is -0.349. The molecule has 0 aliphatic carbocycles. The molecule has 1 saturated heterocycles. The van der Waals surface area contributed by atoms with E-state index in [1.807, 2.05) is 0 Å². The Bertz CT molecular complexity index is 922. The molecule has 1 aromatic carbocycles. The maximum atomic E-state index is 12.5. The second-order valence-corrected chi connectivity index (χ2v) is 6.88. The lowest BCUT2D eigenvalue weighted by Gasteiger charge is -2.33. The van der Waals surface area contributed by atoms with Crippen molar-refractivity contribution in [2.45, 2.75) is 37.3 Å². The van der Waals surface area contributed by atoms with Crippen LogP contribution in [-0.2, 0) is 4.74 Å². The maximum absolute atomic E-state index is 12.5. The lowest BCUT2D eigenvalue weighted by molar-refractivity contribution is -0.308. The summed E-state index contributed by atoms with van der Waals surface area (Å²) in [5.74, 6) is 0. The number of aromatic nitrogens is 2. The van der Waals surface area contributed by atoms with Crippen LogP contribution in [0.4, 0.5) is 41.6 Å². The molecule has 3 amide bonds. The number of nitrogens with zero attached hydrogens (tertiary/aromatic N) is 2. The fraction of sp³-hybridized carbons (Fsp3) is 0.471. The van der Waals surface area contributed by atoms with Crippen molar-refractivity contribution in [1.82, 2.24) is 20.4 Å². The maximum Gasteiger partial charge on any atom is 0.434 e. The SMILES string of the molecule is O=C(Nc1ccc2cn[nH]c2c1)NC1CCN(C(=O)OC(C(F)(F)F)C(F)(F)F)CC1. The van der Waals surface area contributed by atoms with Crippen molar-refractivity contribution in [2.24, 2.45) is 0 Å². The van der Waals surface area contributed by atoms with Crippen molar-refractivity contribution in [1.29, 1.82) is 0 Å². The number of piperidine rings is 1. The van der Waals surface area contributed by atoms with Crippen molar-refractivity contribution in [3.05, 3.63) is 24.4 Å². The molecule has 0 spiro atoms. The van der Waals surface area contributed by atoms with E-state index in [-0.39, 0.29) is 25.9 Å². The summed E-state index contributed by atoms with van der Waals surface area (Å²) in [4.78, 5) is 24.6. The number of urea groups is 1. The summed E-state index contributed by atoms with van der Waals surface area (Å²) in [7, 11) is 0. The van der Waals surface area contributed by atoms with Crippen molar-refractivity contribution in [3.63, 3.8) is 0 Å². The first-order valence-corrected chi connectivity index (χ1v) is 9.03. The number of ether oxygens (including phenoxy) is 1. The second-order valence-electron chi connectivity index (χ2n) is 6.88. The van der Waals surface area contributed by atoms with Crippen LogP contribution in [0.1, 0.15) is 12.8 Å². The van der Waals surface area contributed by atoms with E-state index in [9.17, 15) is 35.9 Å². The minimum atomic E-state index is -5.77. The molecule has 2 heterocycles. The molecular formula is C17H17F6N5O3. The van der Waals surface area contributed by atoms with Gasteiger partial charge in [0.1, 0.15) is 0 Å². The average molecular weight is 453 g/mol. The highest BCUT2D eigenvalue weighted by atomic mass is 19.4. The van der Waals surface area contributed by atoms with Crippen LogP contribution in [0.2, 0.25) is 0 Å². The van der Waals surface area contributed by atoms with Gasteiger partial charge in [-0.1, -0.05) is 0 Å². The second kappa shape index (κ2) is 8.51. The van der Waals surface area contributed by atoms with E-state index in [1.54, 1.807) is 24.4 Å². The Morgan fingerprint density at radius 2 is 1.77 bits per heavy atom. The Morgan fingerprint density at radius 3 is 2.39 bits per heavy atom. The van der Waals surface area contributed by atoms with E-state index in [0.29, 0.717) is 11.2 Å². The van der Waals surface area contributed by atoms with Crippen LogP contribution in [0, 0.1) is 0 Å². The average Bonchev–Trinajstić information content (AvgIpc) is 3.12. The van der Waals surface area contributed by atoms with Gasteiger partial charge in [0.25, 0.3) is 6.10 Å².